The number of benzene rings is 1. The largest absolute Gasteiger partial charge is 0.314 e. The van der Waals surface area contributed by atoms with Crippen LogP contribution in [0, 0.1) is 11.7 Å². The molecule has 2 fully saturated rings. The van der Waals surface area contributed by atoms with Crippen molar-refractivity contribution in [1.29, 1.82) is 0 Å². The molecule has 1 aliphatic carbocycles. The van der Waals surface area contributed by atoms with Gasteiger partial charge >= 0.3 is 0 Å². The van der Waals surface area contributed by atoms with Crippen LogP contribution in [0.3, 0.4) is 0 Å². The third-order valence-electron chi connectivity index (χ3n) is 4.18. The van der Waals surface area contributed by atoms with E-state index in [1.54, 1.807) is 6.07 Å². The van der Waals surface area contributed by atoms with Gasteiger partial charge in [-0.1, -0.05) is 30.5 Å². The van der Waals surface area contributed by atoms with Crippen LogP contribution in [0.5, 0.6) is 0 Å². The van der Waals surface area contributed by atoms with Crippen LogP contribution in [0.25, 0.3) is 0 Å². The van der Waals surface area contributed by atoms with Crippen molar-refractivity contribution >= 4 is 11.6 Å². The van der Waals surface area contributed by atoms with Crippen LogP contribution in [0.15, 0.2) is 18.2 Å². The molecule has 1 saturated heterocycles. The van der Waals surface area contributed by atoms with Gasteiger partial charge < -0.3 is 5.32 Å². The van der Waals surface area contributed by atoms with E-state index in [-0.39, 0.29) is 11.9 Å². The molecule has 0 radical (unpaired) electrons. The minimum absolute atomic E-state index is 0.142. The molecule has 4 heteroatoms. The van der Waals surface area contributed by atoms with Crippen molar-refractivity contribution in [3.63, 3.8) is 0 Å². The molecule has 19 heavy (non-hydrogen) atoms. The van der Waals surface area contributed by atoms with Crippen LogP contribution in [-0.2, 0) is 0 Å². The van der Waals surface area contributed by atoms with Crippen LogP contribution in [-0.4, -0.2) is 31.1 Å². The molecular formula is C15H20ClFN2. The molecule has 3 rings (SSSR count). The fourth-order valence-electron chi connectivity index (χ4n) is 2.94. The smallest absolute Gasteiger partial charge is 0.129 e. The molecule has 1 atom stereocenters. The maximum Gasteiger partial charge on any atom is 0.129 e. The van der Waals surface area contributed by atoms with Crippen LogP contribution in [0.1, 0.15) is 30.9 Å². The van der Waals surface area contributed by atoms with E-state index in [9.17, 15) is 4.39 Å². The molecule has 104 valence electrons. The summed E-state index contributed by atoms with van der Waals surface area (Å²) in [5.41, 5.74) is 0.706. The Kier molecular flexibility index (Phi) is 4.06. The normalized spacial score (nSPS) is 22.4. The summed E-state index contributed by atoms with van der Waals surface area (Å²) in [6.45, 7) is 3.91. The van der Waals surface area contributed by atoms with Crippen LogP contribution < -0.4 is 5.32 Å². The monoisotopic (exact) mass is 282 g/mol. The van der Waals surface area contributed by atoms with E-state index in [2.05, 4.69) is 10.2 Å². The van der Waals surface area contributed by atoms with Crippen molar-refractivity contribution in [3.05, 3.63) is 34.6 Å². The van der Waals surface area contributed by atoms with E-state index in [1.807, 2.05) is 6.07 Å². The molecule has 2 aliphatic rings. The quantitative estimate of drug-likeness (QED) is 0.912. The van der Waals surface area contributed by atoms with Gasteiger partial charge in [-0.05, 0) is 24.5 Å². The first-order chi connectivity index (χ1) is 9.25. The first-order valence-corrected chi connectivity index (χ1v) is 7.52. The van der Waals surface area contributed by atoms with Gasteiger partial charge in [-0.15, -0.1) is 0 Å². The van der Waals surface area contributed by atoms with E-state index in [1.165, 1.54) is 18.9 Å². The highest BCUT2D eigenvalue weighted by Gasteiger charge is 2.32. The SMILES string of the molecule is Fc1cccc(Cl)c1[C@@H](CC1CC1)N1CCNCC1. The summed E-state index contributed by atoms with van der Waals surface area (Å²) in [5, 5.41) is 3.92. The highest BCUT2D eigenvalue weighted by Crippen LogP contribution is 2.42. The zero-order valence-electron chi connectivity index (χ0n) is 11.0. The molecule has 1 saturated carbocycles. The number of halogens is 2. The van der Waals surface area contributed by atoms with Crippen LogP contribution >= 0.6 is 11.6 Å². The van der Waals surface area contributed by atoms with Gasteiger partial charge in [0.15, 0.2) is 0 Å². The maximum absolute atomic E-state index is 14.2. The van der Waals surface area contributed by atoms with E-state index < -0.39 is 0 Å². The highest BCUT2D eigenvalue weighted by molar-refractivity contribution is 6.31. The fraction of sp³-hybridized carbons (Fsp3) is 0.600. The van der Waals surface area contributed by atoms with Gasteiger partial charge in [0.05, 0.1) is 0 Å². The predicted molar refractivity (Wildman–Crippen MR) is 75.9 cm³/mol. The Balaban J connectivity index is 1.88. The first kappa shape index (κ1) is 13.3. The second kappa shape index (κ2) is 5.78. The third-order valence-corrected chi connectivity index (χ3v) is 4.51. The molecule has 2 nitrogen and oxygen atoms in total. The van der Waals surface area contributed by atoms with Gasteiger partial charge in [0.25, 0.3) is 0 Å². The van der Waals surface area contributed by atoms with E-state index >= 15 is 0 Å². The van der Waals surface area contributed by atoms with Crippen molar-refractivity contribution in [3.8, 4) is 0 Å². The zero-order chi connectivity index (χ0) is 13.2. The summed E-state index contributed by atoms with van der Waals surface area (Å²) in [5.74, 6) is 0.604. The molecule has 0 spiro atoms. The Hall–Kier alpha value is -0.640. The van der Waals surface area contributed by atoms with Gasteiger partial charge in [0.2, 0.25) is 0 Å². The molecule has 0 amide bonds. The molecular weight excluding hydrogens is 263 g/mol. The third kappa shape index (κ3) is 3.10. The van der Waals surface area contributed by atoms with Crippen molar-refractivity contribution in [2.75, 3.05) is 26.2 Å². The Bertz CT molecular complexity index is 422. The number of piperazine rings is 1. The molecule has 1 aliphatic heterocycles. The second-order valence-corrected chi connectivity index (χ2v) is 6.02. The van der Waals surface area contributed by atoms with Gasteiger partial charge in [-0.3, -0.25) is 4.90 Å². The van der Waals surface area contributed by atoms with E-state index in [4.69, 9.17) is 11.6 Å². The summed E-state index contributed by atoms with van der Waals surface area (Å²) in [6, 6.07) is 5.17. The summed E-state index contributed by atoms with van der Waals surface area (Å²) >= 11 is 6.27. The average molecular weight is 283 g/mol. The van der Waals surface area contributed by atoms with E-state index in [0.29, 0.717) is 10.6 Å². The Morgan fingerprint density at radius 2 is 2.05 bits per heavy atom. The summed E-state index contributed by atoms with van der Waals surface area (Å²) < 4.78 is 14.2. The first-order valence-electron chi connectivity index (χ1n) is 7.14. The minimum Gasteiger partial charge on any atom is -0.314 e. The molecule has 1 N–H and O–H groups in total. The average Bonchev–Trinajstić information content (AvgIpc) is 3.22. The van der Waals surface area contributed by atoms with Crippen molar-refractivity contribution in [1.82, 2.24) is 10.2 Å². The lowest BCUT2D eigenvalue weighted by molar-refractivity contribution is 0.157. The van der Waals surface area contributed by atoms with Crippen molar-refractivity contribution < 1.29 is 4.39 Å². The van der Waals surface area contributed by atoms with Gasteiger partial charge in [-0.2, -0.15) is 0 Å². The Morgan fingerprint density at radius 1 is 1.32 bits per heavy atom. The summed E-state index contributed by atoms with van der Waals surface area (Å²) in [6.07, 6.45) is 3.62. The van der Waals surface area contributed by atoms with Crippen LogP contribution in [0.2, 0.25) is 5.02 Å². The number of nitrogens with zero attached hydrogens (tertiary/aromatic N) is 1. The maximum atomic E-state index is 14.2. The summed E-state index contributed by atoms with van der Waals surface area (Å²) in [7, 11) is 0. The molecule has 0 aromatic heterocycles. The molecule has 1 aromatic rings. The zero-order valence-corrected chi connectivity index (χ0v) is 11.8. The fourth-order valence-corrected chi connectivity index (χ4v) is 3.23. The molecule has 1 heterocycles. The van der Waals surface area contributed by atoms with Gasteiger partial charge in [0.1, 0.15) is 5.82 Å². The van der Waals surface area contributed by atoms with Gasteiger partial charge in [0, 0.05) is 42.8 Å². The number of rotatable bonds is 4. The Morgan fingerprint density at radius 3 is 2.68 bits per heavy atom. The Labute approximate surface area is 118 Å². The van der Waals surface area contributed by atoms with Crippen molar-refractivity contribution in [2.45, 2.75) is 25.3 Å². The highest BCUT2D eigenvalue weighted by atomic mass is 35.5. The summed E-state index contributed by atoms with van der Waals surface area (Å²) in [4.78, 5) is 2.39. The molecule has 0 unspecified atom stereocenters. The molecule has 1 aromatic carbocycles. The van der Waals surface area contributed by atoms with Gasteiger partial charge in [-0.25, -0.2) is 4.39 Å². The lowest BCUT2D eigenvalue weighted by Crippen LogP contribution is -2.45. The van der Waals surface area contributed by atoms with Crippen LogP contribution in [0.4, 0.5) is 4.39 Å². The minimum atomic E-state index is -0.156. The number of nitrogens with one attached hydrogen (secondary N) is 1. The lowest BCUT2D eigenvalue weighted by atomic mass is 9.98. The lowest BCUT2D eigenvalue weighted by Gasteiger charge is -2.36. The standard InChI is InChI=1S/C15H20ClFN2/c16-12-2-1-3-13(17)15(12)14(10-11-4-5-11)19-8-6-18-7-9-19/h1-3,11,14,18H,4-10H2/t14-/m1/s1. The van der Waals surface area contributed by atoms with Crippen molar-refractivity contribution in [2.24, 2.45) is 5.92 Å². The number of hydrogen-bond acceptors (Lipinski definition) is 2. The number of hydrogen-bond donors (Lipinski definition) is 1. The molecule has 0 bridgehead atoms. The van der Waals surface area contributed by atoms with E-state index in [0.717, 1.165) is 38.5 Å². The predicted octanol–water partition coefficient (Wildman–Crippen LogP) is 3.23. The second-order valence-electron chi connectivity index (χ2n) is 5.62. The topological polar surface area (TPSA) is 15.3 Å².